The van der Waals surface area contributed by atoms with Crippen LogP contribution in [0.25, 0.3) is 0 Å². The Morgan fingerprint density at radius 2 is 2.08 bits per heavy atom. The van der Waals surface area contributed by atoms with Crippen molar-refractivity contribution in [3.63, 3.8) is 0 Å². The quantitative estimate of drug-likeness (QED) is 0.699. The maximum absolute atomic E-state index is 12.3. The van der Waals surface area contributed by atoms with Crippen molar-refractivity contribution in [1.29, 1.82) is 0 Å². The van der Waals surface area contributed by atoms with Crippen molar-refractivity contribution in [2.45, 2.75) is 25.4 Å². The average Bonchev–Trinajstić information content (AvgIpc) is 3.11. The van der Waals surface area contributed by atoms with E-state index in [0.29, 0.717) is 17.8 Å². The number of carbonyl (C=O) groups excluding carboxylic acids is 1. The number of carbonyl (C=O) groups is 1. The van der Waals surface area contributed by atoms with E-state index >= 15 is 0 Å². The Morgan fingerprint density at radius 3 is 2.77 bits per heavy atom. The van der Waals surface area contributed by atoms with Crippen LogP contribution in [0.5, 0.6) is 11.5 Å². The molecule has 0 spiro atoms. The third-order valence-corrected chi connectivity index (χ3v) is 4.99. The van der Waals surface area contributed by atoms with Gasteiger partial charge in [0.05, 0.1) is 7.11 Å². The van der Waals surface area contributed by atoms with Gasteiger partial charge in [0.1, 0.15) is 11.4 Å². The lowest BCUT2D eigenvalue weighted by molar-refractivity contribution is -0.112. The van der Waals surface area contributed by atoms with E-state index in [9.17, 15) is 4.79 Å². The van der Waals surface area contributed by atoms with Crippen LogP contribution in [0, 0.1) is 5.92 Å². The molecule has 3 rings (SSSR count). The third kappa shape index (κ3) is 3.15. The number of benzene rings is 1. The highest BCUT2D eigenvalue weighted by molar-refractivity contribution is 6.06. The normalized spacial score (nSPS) is 22.5. The molecule has 1 heterocycles. The van der Waals surface area contributed by atoms with Crippen molar-refractivity contribution in [2.24, 2.45) is 5.92 Å². The highest BCUT2D eigenvalue weighted by Crippen LogP contribution is 2.40. The minimum absolute atomic E-state index is 0.0204. The first-order valence-electron chi connectivity index (χ1n) is 8.61. The van der Waals surface area contributed by atoms with Crippen LogP contribution in [0.1, 0.15) is 18.9 Å². The summed E-state index contributed by atoms with van der Waals surface area (Å²) in [4.78, 5) is 12.3. The summed E-state index contributed by atoms with van der Waals surface area (Å²) in [5.74, 6) is 1.99. The number of ketones is 1. The average molecular weight is 356 g/mol. The van der Waals surface area contributed by atoms with E-state index in [-0.39, 0.29) is 18.5 Å². The van der Waals surface area contributed by atoms with Crippen molar-refractivity contribution in [3.05, 3.63) is 59.9 Å². The van der Waals surface area contributed by atoms with Gasteiger partial charge in [0.25, 0.3) is 0 Å². The second-order valence-electron chi connectivity index (χ2n) is 6.53. The van der Waals surface area contributed by atoms with Gasteiger partial charge in [-0.25, -0.2) is 0 Å². The van der Waals surface area contributed by atoms with Gasteiger partial charge in [-0.1, -0.05) is 19.1 Å². The smallest absolute Gasteiger partial charge is 0.231 e. The second-order valence-corrected chi connectivity index (χ2v) is 6.53. The van der Waals surface area contributed by atoms with Gasteiger partial charge in [0.2, 0.25) is 6.79 Å². The molecular weight excluding hydrogens is 332 g/mol. The number of rotatable bonds is 7. The van der Waals surface area contributed by atoms with Crippen LogP contribution in [0.3, 0.4) is 0 Å². The molecule has 0 saturated heterocycles. The summed E-state index contributed by atoms with van der Waals surface area (Å²) in [6, 6.07) is 5.92. The summed E-state index contributed by atoms with van der Waals surface area (Å²) in [6.07, 6.45) is 6.34. The first kappa shape index (κ1) is 18.3. The Bertz CT molecular complexity index is 777. The van der Waals surface area contributed by atoms with E-state index in [1.807, 2.05) is 24.3 Å². The fourth-order valence-electron chi connectivity index (χ4n) is 3.58. The van der Waals surface area contributed by atoms with Crippen molar-refractivity contribution in [1.82, 2.24) is 0 Å². The Kier molecular flexibility index (Phi) is 5.18. The highest BCUT2D eigenvalue weighted by atomic mass is 16.7. The number of methoxy groups -OCH3 is 2. The molecule has 0 amide bonds. The van der Waals surface area contributed by atoms with E-state index in [1.165, 1.54) is 6.08 Å². The Morgan fingerprint density at radius 1 is 1.31 bits per heavy atom. The maximum Gasteiger partial charge on any atom is 0.231 e. The highest BCUT2D eigenvalue weighted by Gasteiger charge is 2.43. The van der Waals surface area contributed by atoms with E-state index in [4.69, 9.17) is 18.9 Å². The molecule has 2 atom stereocenters. The predicted molar refractivity (Wildman–Crippen MR) is 98.2 cm³/mol. The Labute approximate surface area is 153 Å². The zero-order valence-corrected chi connectivity index (χ0v) is 15.4. The van der Waals surface area contributed by atoms with Gasteiger partial charge in [-0.05, 0) is 36.6 Å². The first-order valence-corrected chi connectivity index (χ1v) is 8.61. The van der Waals surface area contributed by atoms with Crippen LogP contribution in [0.2, 0.25) is 0 Å². The van der Waals surface area contributed by atoms with Gasteiger partial charge in [-0.2, -0.15) is 0 Å². The molecule has 1 aromatic carbocycles. The van der Waals surface area contributed by atoms with E-state index in [2.05, 4.69) is 13.5 Å². The van der Waals surface area contributed by atoms with Crippen LogP contribution >= 0.6 is 0 Å². The number of fused-ring (bicyclic) bond motifs is 1. The number of allylic oxidation sites excluding steroid dienone is 3. The molecule has 5 nitrogen and oxygen atoms in total. The number of hydrogen-bond donors (Lipinski definition) is 0. The molecule has 1 aromatic rings. The van der Waals surface area contributed by atoms with E-state index < -0.39 is 5.60 Å². The summed E-state index contributed by atoms with van der Waals surface area (Å²) in [5.41, 5.74) is 0.960. The zero-order chi connectivity index (χ0) is 18.7. The first-order chi connectivity index (χ1) is 12.5. The van der Waals surface area contributed by atoms with Gasteiger partial charge in [-0.15, -0.1) is 6.58 Å². The summed E-state index contributed by atoms with van der Waals surface area (Å²) < 4.78 is 22.3. The molecule has 0 saturated carbocycles. The predicted octanol–water partition coefficient (Wildman–Crippen LogP) is 3.59. The van der Waals surface area contributed by atoms with Crippen molar-refractivity contribution in [2.75, 3.05) is 21.0 Å². The van der Waals surface area contributed by atoms with Gasteiger partial charge in [0, 0.05) is 24.7 Å². The molecule has 0 radical (unpaired) electrons. The molecule has 0 N–H and O–H groups in total. The molecule has 26 heavy (non-hydrogen) atoms. The Balaban J connectivity index is 1.92. The fraction of sp³-hybridized carbons (Fsp3) is 0.381. The van der Waals surface area contributed by atoms with Gasteiger partial charge >= 0.3 is 0 Å². The molecule has 0 aromatic heterocycles. The standard InChI is InChI=1S/C21H24O5/c1-5-6-16-12-21(24-4,20(23-3)11-17(16)22)14(2)9-15-7-8-18-19(10-15)26-13-25-18/h5,7-8,10-12,14H,1,6,9,13H2,2-4H3/t14-,21+/m0/s1. The molecule has 1 aliphatic heterocycles. The van der Waals surface area contributed by atoms with Crippen LogP contribution < -0.4 is 9.47 Å². The van der Waals surface area contributed by atoms with Crippen LogP contribution in [0.4, 0.5) is 0 Å². The summed E-state index contributed by atoms with van der Waals surface area (Å²) >= 11 is 0. The monoisotopic (exact) mass is 356 g/mol. The molecule has 0 bridgehead atoms. The lowest BCUT2D eigenvalue weighted by Gasteiger charge is -2.39. The SMILES string of the molecule is C=CCC1=C[C@@](OC)([C@@H](C)Cc2ccc3c(c2)OCO3)C(OC)=CC1=O. The second kappa shape index (κ2) is 7.38. The lowest BCUT2D eigenvalue weighted by atomic mass is 9.77. The van der Waals surface area contributed by atoms with Crippen LogP contribution in [0.15, 0.2) is 54.3 Å². The molecule has 0 unspecified atom stereocenters. The van der Waals surface area contributed by atoms with Crippen molar-refractivity contribution >= 4 is 5.78 Å². The summed E-state index contributed by atoms with van der Waals surface area (Å²) in [5, 5.41) is 0. The number of hydrogen-bond acceptors (Lipinski definition) is 5. The van der Waals surface area contributed by atoms with Crippen LogP contribution in [-0.2, 0) is 20.7 Å². The van der Waals surface area contributed by atoms with Gasteiger partial charge < -0.3 is 18.9 Å². The number of ether oxygens (including phenoxy) is 4. The molecule has 5 heteroatoms. The van der Waals surface area contributed by atoms with E-state index in [0.717, 1.165) is 23.5 Å². The minimum atomic E-state index is -0.808. The van der Waals surface area contributed by atoms with Gasteiger partial charge in [-0.3, -0.25) is 4.79 Å². The molecule has 138 valence electrons. The fourth-order valence-corrected chi connectivity index (χ4v) is 3.58. The molecular formula is C21H24O5. The van der Waals surface area contributed by atoms with Crippen LogP contribution in [-0.4, -0.2) is 32.4 Å². The molecule has 2 aliphatic rings. The largest absolute Gasteiger partial charge is 0.498 e. The summed E-state index contributed by atoms with van der Waals surface area (Å²) in [6.45, 7) is 6.07. The summed E-state index contributed by atoms with van der Waals surface area (Å²) in [7, 11) is 3.20. The minimum Gasteiger partial charge on any atom is -0.498 e. The third-order valence-electron chi connectivity index (χ3n) is 4.99. The topological polar surface area (TPSA) is 54.0 Å². The van der Waals surface area contributed by atoms with Crippen molar-refractivity contribution in [3.8, 4) is 11.5 Å². The molecule has 1 aliphatic carbocycles. The van der Waals surface area contributed by atoms with E-state index in [1.54, 1.807) is 20.3 Å². The lowest BCUT2D eigenvalue weighted by Crippen LogP contribution is -2.43. The zero-order valence-electron chi connectivity index (χ0n) is 15.4. The maximum atomic E-state index is 12.3. The van der Waals surface area contributed by atoms with Gasteiger partial charge in [0.15, 0.2) is 17.3 Å². The van der Waals surface area contributed by atoms with Crippen molar-refractivity contribution < 1.29 is 23.7 Å². The Hall–Kier alpha value is -2.53. The molecule has 0 fully saturated rings.